The van der Waals surface area contributed by atoms with E-state index in [4.69, 9.17) is 11.6 Å². The van der Waals surface area contributed by atoms with Crippen LogP contribution in [0.25, 0.3) is 0 Å². The van der Waals surface area contributed by atoms with E-state index in [1.54, 1.807) is 0 Å². The zero-order valence-electron chi connectivity index (χ0n) is 11.3. The number of hydrogen-bond donors (Lipinski definition) is 1. The number of nitrogens with one attached hydrogen (secondary N) is 1. The molecule has 0 aliphatic carbocycles. The Hall–Kier alpha value is -1.47. The number of fused-ring (bicyclic) bond motifs is 1. The van der Waals surface area contributed by atoms with Gasteiger partial charge in [0.15, 0.2) is 0 Å². The lowest BCUT2D eigenvalue weighted by molar-refractivity contribution is 0.823. The van der Waals surface area contributed by atoms with Gasteiger partial charge in [-0.3, -0.25) is 0 Å². The van der Waals surface area contributed by atoms with E-state index in [1.807, 2.05) is 6.07 Å². The third-order valence-corrected chi connectivity index (χ3v) is 4.43. The van der Waals surface area contributed by atoms with Crippen molar-refractivity contribution in [2.24, 2.45) is 0 Å². The molecule has 0 saturated heterocycles. The lowest BCUT2D eigenvalue weighted by Gasteiger charge is -2.13. The SMILES string of the molecule is CCc1ccc(C2Cc3ccc(Cl)c(C)c3N2)cc1. The maximum Gasteiger partial charge on any atom is 0.0555 e. The van der Waals surface area contributed by atoms with Crippen LogP contribution in [0.1, 0.15) is 35.2 Å². The molecule has 1 unspecified atom stereocenters. The van der Waals surface area contributed by atoms with Crippen LogP contribution >= 0.6 is 11.6 Å². The molecule has 0 fully saturated rings. The summed E-state index contributed by atoms with van der Waals surface area (Å²) in [6, 6.07) is 13.4. The first-order valence-electron chi connectivity index (χ1n) is 6.82. The molecule has 3 rings (SSSR count). The van der Waals surface area contributed by atoms with Crippen molar-refractivity contribution in [3.63, 3.8) is 0 Å². The van der Waals surface area contributed by atoms with Crippen LogP contribution < -0.4 is 5.32 Å². The van der Waals surface area contributed by atoms with Gasteiger partial charge in [-0.05, 0) is 48.1 Å². The molecule has 1 atom stereocenters. The normalized spacial score (nSPS) is 17.1. The summed E-state index contributed by atoms with van der Waals surface area (Å²) in [5.74, 6) is 0. The van der Waals surface area contributed by atoms with Gasteiger partial charge in [-0.15, -0.1) is 0 Å². The molecular formula is C17H18ClN. The van der Waals surface area contributed by atoms with Crippen LogP contribution in [-0.4, -0.2) is 0 Å². The van der Waals surface area contributed by atoms with E-state index < -0.39 is 0 Å². The van der Waals surface area contributed by atoms with Crippen LogP contribution in [-0.2, 0) is 12.8 Å². The lowest BCUT2D eigenvalue weighted by atomic mass is 10.0. The van der Waals surface area contributed by atoms with Crippen molar-refractivity contribution in [1.29, 1.82) is 0 Å². The van der Waals surface area contributed by atoms with Gasteiger partial charge in [0, 0.05) is 10.7 Å². The van der Waals surface area contributed by atoms with E-state index in [0.717, 1.165) is 23.4 Å². The minimum Gasteiger partial charge on any atom is -0.377 e. The van der Waals surface area contributed by atoms with E-state index in [-0.39, 0.29) is 0 Å². The molecule has 19 heavy (non-hydrogen) atoms. The second-order valence-corrected chi connectivity index (χ2v) is 5.61. The minimum atomic E-state index is 0.373. The Balaban J connectivity index is 1.88. The van der Waals surface area contributed by atoms with E-state index >= 15 is 0 Å². The Morgan fingerprint density at radius 2 is 1.89 bits per heavy atom. The van der Waals surface area contributed by atoms with Crippen LogP contribution in [0.4, 0.5) is 5.69 Å². The van der Waals surface area contributed by atoms with Crippen molar-refractivity contribution >= 4 is 17.3 Å². The van der Waals surface area contributed by atoms with Crippen molar-refractivity contribution in [1.82, 2.24) is 0 Å². The maximum atomic E-state index is 6.19. The Bertz CT molecular complexity index is 601. The largest absolute Gasteiger partial charge is 0.377 e. The molecule has 1 nitrogen and oxygen atoms in total. The topological polar surface area (TPSA) is 12.0 Å². The summed E-state index contributed by atoms with van der Waals surface area (Å²) in [5.41, 5.74) is 6.48. The highest BCUT2D eigenvalue weighted by Crippen LogP contribution is 2.38. The third kappa shape index (κ3) is 2.23. The smallest absolute Gasteiger partial charge is 0.0555 e. The highest BCUT2D eigenvalue weighted by atomic mass is 35.5. The molecule has 1 aliphatic heterocycles. The van der Waals surface area contributed by atoms with Gasteiger partial charge in [0.05, 0.1) is 6.04 Å². The maximum absolute atomic E-state index is 6.19. The lowest BCUT2D eigenvalue weighted by Crippen LogP contribution is -2.06. The summed E-state index contributed by atoms with van der Waals surface area (Å²) in [7, 11) is 0. The average molecular weight is 272 g/mol. The molecule has 2 heteroatoms. The molecule has 2 aromatic rings. The van der Waals surface area contributed by atoms with Crippen LogP contribution in [0, 0.1) is 6.92 Å². The van der Waals surface area contributed by atoms with Crippen molar-refractivity contribution in [2.45, 2.75) is 32.7 Å². The summed E-state index contributed by atoms with van der Waals surface area (Å²) in [5, 5.41) is 4.45. The molecule has 1 N–H and O–H groups in total. The standard InChI is InChI=1S/C17H18ClN/c1-3-12-4-6-13(7-5-12)16-10-14-8-9-15(18)11(2)17(14)19-16/h4-9,16,19H,3,10H2,1-2H3. The summed E-state index contributed by atoms with van der Waals surface area (Å²) >= 11 is 6.19. The molecule has 1 aliphatic rings. The molecule has 0 aromatic heterocycles. The molecule has 2 aromatic carbocycles. The molecule has 1 heterocycles. The number of anilines is 1. The van der Waals surface area contributed by atoms with Crippen molar-refractivity contribution in [2.75, 3.05) is 5.32 Å². The number of benzene rings is 2. The van der Waals surface area contributed by atoms with Gasteiger partial charge >= 0.3 is 0 Å². The van der Waals surface area contributed by atoms with Gasteiger partial charge in [0.2, 0.25) is 0 Å². The number of rotatable bonds is 2. The van der Waals surface area contributed by atoms with Crippen molar-refractivity contribution in [3.8, 4) is 0 Å². The first kappa shape index (κ1) is 12.6. The van der Waals surface area contributed by atoms with E-state index in [9.17, 15) is 0 Å². The number of halogens is 1. The molecule has 0 saturated carbocycles. The summed E-state index contributed by atoms with van der Waals surface area (Å²) in [4.78, 5) is 0. The minimum absolute atomic E-state index is 0.373. The van der Waals surface area contributed by atoms with E-state index in [0.29, 0.717) is 6.04 Å². The first-order chi connectivity index (χ1) is 9.19. The molecular weight excluding hydrogens is 254 g/mol. The van der Waals surface area contributed by atoms with Crippen molar-refractivity contribution in [3.05, 3.63) is 63.7 Å². The first-order valence-corrected chi connectivity index (χ1v) is 7.20. The van der Waals surface area contributed by atoms with E-state index in [1.165, 1.54) is 22.4 Å². The quantitative estimate of drug-likeness (QED) is 0.817. The van der Waals surface area contributed by atoms with Crippen LogP contribution in [0.15, 0.2) is 36.4 Å². The predicted molar refractivity (Wildman–Crippen MR) is 82.1 cm³/mol. The average Bonchev–Trinajstić information content (AvgIpc) is 2.88. The predicted octanol–water partition coefficient (Wildman–Crippen LogP) is 4.92. The van der Waals surface area contributed by atoms with Gasteiger partial charge < -0.3 is 5.32 Å². The Morgan fingerprint density at radius 3 is 2.58 bits per heavy atom. The highest BCUT2D eigenvalue weighted by molar-refractivity contribution is 6.31. The molecule has 0 amide bonds. The van der Waals surface area contributed by atoms with Gasteiger partial charge in [-0.25, -0.2) is 0 Å². The molecule has 0 bridgehead atoms. The monoisotopic (exact) mass is 271 g/mol. The second kappa shape index (κ2) is 4.90. The van der Waals surface area contributed by atoms with Crippen LogP contribution in [0.3, 0.4) is 0 Å². The zero-order valence-corrected chi connectivity index (χ0v) is 12.1. The van der Waals surface area contributed by atoms with Gasteiger partial charge in [-0.1, -0.05) is 48.9 Å². The fraction of sp³-hybridized carbons (Fsp3) is 0.294. The molecule has 0 radical (unpaired) electrons. The summed E-state index contributed by atoms with van der Waals surface area (Å²) in [6.07, 6.45) is 2.13. The summed E-state index contributed by atoms with van der Waals surface area (Å²) in [6.45, 7) is 4.26. The van der Waals surface area contributed by atoms with Gasteiger partial charge in [-0.2, -0.15) is 0 Å². The second-order valence-electron chi connectivity index (χ2n) is 5.20. The zero-order chi connectivity index (χ0) is 13.4. The Kier molecular flexibility index (Phi) is 3.24. The molecule has 98 valence electrons. The number of aryl methyl sites for hydroxylation is 1. The highest BCUT2D eigenvalue weighted by Gasteiger charge is 2.23. The third-order valence-electron chi connectivity index (χ3n) is 4.02. The van der Waals surface area contributed by atoms with E-state index in [2.05, 4.69) is 49.5 Å². The van der Waals surface area contributed by atoms with Gasteiger partial charge in [0.1, 0.15) is 0 Å². The van der Waals surface area contributed by atoms with Crippen LogP contribution in [0.2, 0.25) is 5.02 Å². The summed E-state index contributed by atoms with van der Waals surface area (Å²) < 4.78 is 0. The van der Waals surface area contributed by atoms with Crippen molar-refractivity contribution < 1.29 is 0 Å². The Labute approximate surface area is 119 Å². The number of hydrogen-bond acceptors (Lipinski definition) is 1. The van der Waals surface area contributed by atoms with Crippen LogP contribution in [0.5, 0.6) is 0 Å². The Morgan fingerprint density at radius 1 is 1.16 bits per heavy atom. The fourth-order valence-corrected chi connectivity index (χ4v) is 2.90. The van der Waals surface area contributed by atoms with Gasteiger partial charge in [0.25, 0.3) is 0 Å². The fourth-order valence-electron chi connectivity index (χ4n) is 2.75. The molecule has 0 spiro atoms.